The van der Waals surface area contributed by atoms with E-state index in [1.807, 2.05) is 33.3 Å². The first-order valence-electron chi connectivity index (χ1n) is 16.3. The molecule has 1 aromatic rings. The normalized spacial score (nSPS) is 14.6. The molecule has 45 heavy (non-hydrogen) atoms. The molecule has 3 atom stereocenters. The summed E-state index contributed by atoms with van der Waals surface area (Å²) >= 11 is 2.07. The number of halogens is 1. The number of amides is 1. The van der Waals surface area contributed by atoms with Crippen molar-refractivity contribution in [2.24, 2.45) is 5.11 Å². The van der Waals surface area contributed by atoms with Crippen LogP contribution in [0.5, 0.6) is 0 Å². The maximum absolute atomic E-state index is 12.8. The van der Waals surface area contributed by atoms with E-state index < -0.39 is 26.6 Å². The molecule has 11 nitrogen and oxygen atoms in total. The van der Waals surface area contributed by atoms with Gasteiger partial charge < -0.3 is 19.8 Å². The van der Waals surface area contributed by atoms with Crippen molar-refractivity contribution >= 4 is 42.0 Å². The van der Waals surface area contributed by atoms with Crippen LogP contribution in [0.4, 0.5) is 5.69 Å². The Morgan fingerprint density at radius 3 is 2.29 bits per heavy atom. The van der Waals surface area contributed by atoms with Crippen molar-refractivity contribution in [2.45, 2.75) is 109 Å². The lowest BCUT2D eigenvalue weighted by Gasteiger charge is -2.25. The third kappa shape index (κ3) is 21.8. The number of carbonyl (C=O) groups is 1. The Balaban J connectivity index is 2.62. The maximum atomic E-state index is 12.8. The van der Waals surface area contributed by atoms with Gasteiger partial charge in [-0.05, 0) is 59.0 Å². The molecular weight excluding hydrogens is 708 g/mol. The molecule has 256 valence electrons. The molecule has 3 N–H and O–H groups in total. The number of aliphatic hydroxyl groups excluding tert-OH is 1. The number of unbranched alkanes of at least 4 members (excludes halogenated alkanes) is 11. The molecule has 1 unspecified atom stereocenters. The summed E-state index contributed by atoms with van der Waals surface area (Å²) in [6.45, 7) is 2.36. The molecule has 13 heteroatoms. The zero-order chi connectivity index (χ0) is 33.6. The molecule has 0 radical (unpaired) electrons. The van der Waals surface area contributed by atoms with Gasteiger partial charge in [0.1, 0.15) is 13.2 Å². The van der Waals surface area contributed by atoms with Crippen LogP contribution in [0.2, 0.25) is 0 Å². The number of aryl methyl sites for hydroxylation is 1. The van der Waals surface area contributed by atoms with Crippen molar-refractivity contribution in [3.63, 3.8) is 0 Å². The van der Waals surface area contributed by atoms with Crippen molar-refractivity contribution in [2.75, 3.05) is 40.9 Å². The van der Waals surface area contributed by atoms with E-state index in [-0.39, 0.29) is 18.9 Å². The molecule has 1 amide bonds. The van der Waals surface area contributed by atoms with Crippen LogP contribution in [0.15, 0.2) is 35.5 Å². The number of likely N-dealkylation sites (N-methyl/N-ethyl adjacent to an activating group) is 1. The largest absolute Gasteiger partial charge is 0.472 e. The molecule has 1 aromatic carbocycles. The number of phosphoric ester groups is 1. The second kappa shape index (κ2) is 23.8. The van der Waals surface area contributed by atoms with E-state index in [9.17, 15) is 19.4 Å². The minimum Gasteiger partial charge on any atom is -0.387 e. The van der Waals surface area contributed by atoms with Gasteiger partial charge in [0.25, 0.3) is 0 Å². The third-order valence-electron chi connectivity index (χ3n) is 7.31. The van der Waals surface area contributed by atoms with Gasteiger partial charge in [-0.15, -0.1) is 0 Å². The SMILES string of the molecule is CCCCCCCCCCCCC/C=C/[C@@H](O)[C@H](COP(=O)(O)OCC[N+](C)(C)C)NC(=O)CCc1ccc(N=[N+]=[N-])c(I)c1. The molecule has 0 aliphatic heterocycles. The van der Waals surface area contributed by atoms with Gasteiger partial charge in [0, 0.05) is 14.9 Å². The number of quaternary nitrogens is 1. The first kappa shape index (κ1) is 41.5. The lowest BCUT2D eigenvalue weighted by atomic mass is 10.0. The number of hydrogen-bond donors (Lipinski definition) is 3. The zero-order valence-corrected chi connectivity index (χ0v) is 30.8. The van der Waals surface area contributed by atoms with Crippen molar-refractivity contribution in [3.8, 4) is 0 Å². The predicted octanol–water partition coefficient (Wildman–Crippen LogP) is 8.11. The van der Waals surface area contributed by atoms with Crippen LogP contribution in [0.1, 0.15) is 96.0 Å². The second-order valence-corrected chi connectivity index (χ2v) is 15.1. The van der Waals surface area contributed by atoms with Crippen molar-refractivity contribution in [1.82, 2.24) is 5.32 Å². The number of carbonyl (C=O) groups excluding carboxylic acids is 1. The van der Waals surface area contributed by atoms with Crippen LogP contribution < -0.4 is 5.32 Å². The molecule has 0 saturated heterocycles. The quantitative estimate of drug-likeness (QED) is 0.0127. The van der Waals surface area contributed by atoms with Gasteiger partial charge in [0.05, 0.1) is 45.6 Å². The molecular formula is C32H56IN5O6P+. The van der Waals surface area contributed by atoms with E-state index in [0.717, 1.165) is 28.4 Å². The molecule has 0 bridgehead atoms. The van der Waals surface area contributed by atoms with Gasteiger partial charge in [-0.2, -0.15) is 0 Å². The summed E-state index contributed by atoms with van der Waals surface area (Å²) in [4.78, 5) is 25.8. The number of hydrogen-bond acceptors (Lipinski definition) is 6. The molecule has 0 spiro atoms. The number of nitrogens with one attached hydrogen (secondary N) is 1. The highest BCUT2D eigenvalue weighted by atomic mass is 127. The van der Waals surface area contributed by atoms with Crippen LogP contribution in [0, 0.1) is 3.57 Å². The molecule has 0 aliphatic carbocycles. The van der Waals surface area contributed by atoms with Crippen molar-refractivity contribution < 1.29 is 32.9 Å². The van der Waals surface area contributed by atoms with Gasteiger partial charge in [-0.25, -0.2) is 4.57 Å². The molecule has 0 saturated carbocycles. The number of rotatable bonds is 26. The van der Waals surface area contributed by atoms with Crippen LogP contribution in [0.25, 0.3) is 10.4 Å². The number of azide groups is 1. The number of phosphoric acid groups is 1. The maximum Gasteiger partial charge on any atom is 0.472 e. The van der Waals surface area contributed by atoms with Crippen molar-refractivity contribution in [3.05, 3.63) is 49.9 Å². The van der Waals surface area contributed by atoms with E-state index in [0.29, 0.717) is 23.1 Å². The molecule has 0 heterocycles. The highest BCUT2D eigenvalue weighted by Crippen LogP contribution is 2.43. The van der Waals surface area contributed by atoms with Crippen LogP contribution in [0.3, 0.4) is 0 Å². The van der Waals surface area contributed by atoms with E-state index in [1.54, 1.807) is 18.2 Å². The molecule has 1 rings (SSSR count). The highest BCUT2D eigenvalue weighted by molar-refractivity contribution is 14.1. The third-order valence-corrected chi connectivity index (χ3v) is 9.15. The zero-order valence-electron chi connectivity index (χ0n) is 27.7. The Morgan fingerprint density at radius 2 is 1.71 bits per heavy atom. The summed E-state index contributed by atoms with van der Waals surface area (Å²) in [5.41, 5.74) is 10.1. The number of nitrogens with zero attached hydrogens (tertiary/aromatic N) is 4. The van der Waals surface area contributed by atoms with Crippen LogP contribution in [-0.4, -0.2) is 73.4 Å². The summed E-state index contributed by atoms with van der Waals surface area (Å²) in [6.07, 6.45) is 17.6. The Kier molecular flexibility index (Phi) is 21.9. The van der Waals surface area contributed by atoms with E-state index in [1.165, 1.54) is 57.8 Å². The van der Waals surface area contributed by atoms with Gasteiger partial charge >= 0.3 is 7.82 Å². The Hall–Kier alpha value is -1.50. The van der Waals surface area contributed by atoms with Crippen LogP contribution in [-0.2, 0) is 24.8 Å². The molecule has 0 fully saturated rings. The number of allylic oxidation sites excluding steroid dienone is 1. The minimum atomic E-state index is -4.39. The summed E-state index contributed by atoms with van der Waals surface area (Å²) in [5, 5.41) is 17.3. The lowest BCUT2D eigenvalue weighted by molar-refractivity contribution is -0.870. The monoisotopic (exact) mass is 764 g/mol. The van der Waals surface area contributed by atoms with Gasteiger partial charge in [-0.3, -0.25) is 13.8 Å². The van der Waals surface area contributed by atoms with E-state index >= 15 is 0 Å². The number of aliphatic hydroxyl groups is 1. The fourth-order valence-corrected chi connectivity index (χ4v) is 5.96. The lowest BCUT2D eigenvalue weighted by Crippen LogP contribution is -2.45. The van der Waals surface area contributed by atoms with Gasteiger partial charge in [0.2, 0.25) is 5.91 Å². The van der Waals surface area contributed by atoms with E-state index in [2.05, 4.69) is 44.9 Å². The van der Waals surface area contributed by atoms with Crippen molar-refractivity contribution in [1.29, 1.82) is 0 Å². The Morgan fingerprint density at radius 1 is 1.09 bits per heavy atom. The summed E-state index contributed by atoms with van der Waals surface area (Å²) in [7, 11) is 1.43. The Labute approximate surface area is 284 Å². The number of benzene rings is 1. The molecule has 0 aliphatic rings. The first-order chi connectivity index (χ1) is 21.4. The fraction of sp³-hybridized carbons (Fsp3) is 0.719. The average Bonchev–Trinajstić information content (AvgIpc) is 2.97. The standard InChI is InChI=1S/C32H55IN5O6P/c1-5-6-7-8-9-10-11-12-13-14-15-16-17-18-31(39)30(26-44-45(41,42)43-24-23-38(2,3)4)35-32(40)22-20-27-19-21-29(36-37-34)28(33)25-27/h17-19,21,25,30-31,39H,5-16,20,22-24,26H2,1-4H3,(H-,35,40,41,42)/p+1/b18-17+/t30-,31+/m0/s1. The smallest absolute Gasteiger partial charge is 0.387 e. The van der Waals surface area contributed by atoms with Gasteiger partial charge in [-0.1, -0.05) is 101 Å². The summed E-state index contributed by atoms with van der Waals surface area (Å²) in [6, 6.07) is 4.40. The predicted molar refractivity (Wildman–Crippen MR) is 189 cm³/mol. The highest BCUT2D eigenvalue weighted by Gasteiger charge is 2.27. The minimum absolute atomic E-state index is 0.0208. The molecule has 0 aromatic heterocycles. The Bertz CT molecular complexity index is 1110. The van der Waals surface area contributed by atoms with Gasteiger partial charge in [0.15, 0.2) is 0 Å². The first-order valence-corrected chi connectivity index (χ1v) is 18.8. The topological polar surface area (TPSA) is 154 Å². The second-order valence-electron chi connectivity index (χ2n) is 12.5. The van der Waals surface area contributed by atoms with E-state index in [4.69, 9.17) is 14.6 Å². The fourth-order valence-electron chi connectivity index (χ4n) is 4.54. The summed E-state index contributed by atoms with van der Waals surface area (Å²) < 4.78 is 24.1. The van der Waals surface area contributed by atoms with Crippen LogP contribution >= 0.6 is 30.4 Å². The summed E-state index contributed by atoms with van der Waals surface area (Å²) in [5.74, 6) is -0.339. The average molecular weight is 765 g/mol.